The summed E-state index contributed by atoms with van der Waals surface area (Å²) in [5, 5.41) is 5.62. The summed E-state index contributed by atoms with van der Waals surface area (Å²) in [6.07, 6.45) is 0. The van der Waals surface area contributed by atoms with E-state index in [0.29, 0.717) is 0 Å². The summed E-state index contributed by atoms with van der Waals surface area (Å²) in [5.74, 6) is 0. The summed E-state index contributed by atoms with van der Waals surface area (Å²) < 4.78 is 1.10. The molecule has 1 aliphatic heterocycles. The molecule has 0 saturated carbocycles. The van der Waals surface area contributed by atoms with Crippen LogP contribution >= 0.6 is 27.7 Å². The lowest BCUT2D eigenvalue weighted by molar-refractivity contribution is 1.41. The summed E-state index contributed by atoms with van der Waals surface area (Å²) in [4.78, 5) is 1.27. The standard InChI is InChI=1S/C14H10BrNS/c15-11-7-5-10(6-8-11)13-9-17-14-4-2-1-3-12(14)16-13/h1-9,16H. The van der Waals surface area contributed by atoms with Crippen molar-refractivity contribution >= 4 is 39.1 Å². The molecule has 0 amide bonds. The maximum Gasteiger partial charge on any atom is 0.0526 e. The molecule has 3 heteroatoms. The van der Waals surface area contributed by atoms with Gasteiger partial charge in [0.25, 0.3) is 0 Å². The third kappa shape index (κ3) is 2.26. The van der Waals surface area contributed by atoms with Gasteiger partial charge in [-0.05, 0) is 29.8 Å². The van der Waals surface area contributed by atoms with Crippen LogP contribution in [0, 0.1) is 0 Å². The molecule has 0 spiro atoms. The van der Waals surface area contributed by atoms with E-state index in [4.69, 9.17) is 0 Å². The number of hydrogen-bond donors (Lipinski definition) is 1. The van der Waals surface area contributed by atoms with Crippen LogP contribution in [0.3, 0.4) is 0 Å². The topological polar surface area (TPSA) is 12.0 Å². The Morgan fingerprint density at radius 3 is 2.53 bits per heavy atom. The molecule has 1 aliphatic rings. The second kappa shape index (κ2) is 4.59. The molecule has 0 unspecified atom stereocenters. The summed E-state index contributed by atoms with van der Waals surface area (Å²) in [6.45, 7) is 0. The van der Waals surface area contributed by atoms with Crippen LogP contribution in [0.15, 0.2) is 63.3 Å². The predicted octanol–water partition coefficient (Wildman–Crippen LogP) is 4.97. The lowest BCUT2D eigenvalue weighted by atomic mass is 10.1. The number of hydrogen-bond acceptors (Lipinski definition) is 2. The van der Waals surface area contributed by atoms with Crippen LogP contribution in [0.2, 0.25) is 0 Å². The van der Waals surface area contributed by atoms with Gasteiger partial charge in [-0.2, -0.15) is 0 Å². The zero-order chi connectivity index (χ0) is 11.7. The number of anilines is 1. The Morgan fingerprint density at radius 1 is 0.941 bits per heavy atom. The van der Waals surface area contributed by atoms with E-state index in [1.807, 2.05) is 0 Å². The molecule has 0 atom stereocenters. The van der Waals surface area contributed by atoms with Gasteiger partial charge >= 0.3 is 0 Å². The fourth-order valence-electron chi connectivity index (χ4n) is 1.74. The van der Waals surface area contributed by atoms with Crippen molar-refractivity contribution in [1.82, 2.24) is 0 Å². The molecule has 0 radical (unpaired) electrons. The SMILES string of the molecule is Brc1ccc(C2=CSc3ccccc3N2)cc1. The Hall–Kier alpha value is -1.19. The van der Waals surface area contributed by atoms with E-state index in [1.54, 1.807) is 11.8 Å². The van der Waals surface area contributed by atoms with Crippen molar-refractivity contribution in [3.8, 4) is 0 Å². The van der Waals surface area contributed by atoms with Crippen LogP contribution in [-0.4, -0.2) is 0 Å². The second-order valence-corrected chi connectivity index (χ2v) is 5.60. The minimum Gasteiger partial charge on any atom is -0.354 e. The van der Waals surface area contributed by atoms with Crippen LogP contribution in [0.1, 0.15) is 5.56 Å². The molecule has 0 aliphatic carbocycles. The lowest BCUT2D eigenvalue weighted by Crippen LogP contribution is -2.02. The Bertz CT molecular complexity index is 575. The zero-order valence-electron chi connectivity index (χ0n) is 8.98. The number of benzene rings is 2. The highest BCUT2D eigenvalue weighted by Crippen LogP contribution is 2.36. The molecule has 1 N–H and O–H groups in total. The number of para-hydroxylation sites is 1. The smallest absolute Gasteiger partial charge is 0.0526 e. The third-order valence-corrected chi connectivity index (χ3v) is 4.11. The van der Waals surface area contributed by atoms with E-state index in [9.17, 15) is 0 Å². The number of halogens is 1. The van der Waals surface area contributed by atoms with Crippen LogP contribution in [0.4, 0.5) is 5.69 Å². The molecule has 0 aromatic heterocycles. The van der Waals surface area contributed by atoms with E-state index in [-0.39, 0.29) is 0 Å². The monoisotopic (exact) mass is 303 g/mol. The van der Waals surface area contributed by atoms with Crippen molar-refractivity contribution in [2.45, 2.75) is 4.90 Å². The first kappa shape index (κ1) is 10.9. The third-order valence-electron chi connectivity index (χ3n) is 2.62. The highest BCUT2D eigenvalue weighted by molar-refractivity contribution is 9.10. The molecule has 1 nitrogen and oxygen atoms in total. The molecule has 2 aromatic carbocycles. The fraction of sp³-hybridized carbons (Fsp3) is 0. The number of nitrogens with one attached hydrogen (secondary N) is 1. The molecule has 0 fully saturated rings. The number of rotatable bonds is 1. The molecule has 3 rings (SSSR count). The first-order valence-corrected chi connectivity index (χ1v) is 6.99. The average molecular weight is 304 g/mol. The minimum atomic E-state index is 1.10. The highest BCUT2D eigenvalue weighted by atomic mass is 79.9. The van der Waals surface area contributed by atoms with Gasteiger partial charge in [-0.1, -0.05) is 52.0 Å². The van der Waals surface area contributed by atoms with Crippen LogP contribution < -0.4 is 5.32 Å². The van der Waals surface area contributed by atoms with Crippen molar-refractivity contribution < 1.29 is 0 Å². The van der Waals surface area contributed by atoms with Gasteiger partial charge in [0.1, 0.15) is 0 Å². The minimum absolute atomic E-state index is 1.10. The van der Waals surface area contributed by atoms with E-state index in [1.165, 1.54) is 16.1 Å². The van der Waals surface area contributed by atoms with E-state index in [2.05, 4.69) is 75.2 Å². The first-order valence-electron chi connectivity index (χ1n) is 5.32. The fourth-order valence-corrected chi connectivity index (χ4v) is 2.85. The first-order chi connectivity index (χ1) is 8.33. The Kier molecular flexibility index (Phi) is 2.95. The average Bonchev–Trinajstić information content (AvgIpc) is 2.39. The van der Waals surface area contributed by atoms with E-state index in [0.717, 1.165) is 10.2 Å². The van der Waals surface area contributed by atoms with Gasteiger partial charge in [0.15, 0.2) is 0 Å². The molecular weight excluding hydrogens is 294 g/mol. The van der Waals surface area contributed by atoms with Gasteiger partial charge in [-0.25, -0.2) is 0 Å². The Balaban J connectivity index is 1.93. The van der Waals surface area contributed by atoms with Crippen molar-refractivity contribution in [2.75, 3.05) is 5.32 Å². The largest absolute Gasteiger partial charge is 0.354 e. The molecule has 0 saturated heterocycles. The molecule has 84 valence electrons. The second-order valence-electron chi connectivity index (χ2n) is 3.78. The van der Waals surface area contributed by atoms with Crippen LogP contribution in [0.5, 0.6) is 0 Å². The molecule has 17 heavy (non-hydrogen) atoms. The van der Waals surface area contributed by atoms with Gasteiger partial charge in [0.2, 0.25) is 0 Å². The quantitative estimate of drug-likeness (QED) is 0.798. The highest BCUT2D eigenvalue weighted by Gasteiger charge is 2.11. The number of fused-ring (bicyclic) bond motifs is 1. The van der Waals surface area contributed by atoms with Crippen LogP contribution in [0.25, 0.3) is 5.70 Å². The van der Waals surface area contributed by atoms with Crippen molar-refractivity contribution in [2.24, 2.45) is 0 Å². The summed E-state index contributed by atoms with van der Waals surface area (Å²) in [7, 11) is 0. The van der Waals surface area contributed by atoms with E-state index < -0.39 is 0 Å². The van der Waals surface area contributed by atoms with Crippen molar-refractivity contribution in [3.63, 3.8) is 0 Å². The maximum absolute atomic E-state index is 3.46. The molecule has 2 aromatic rings. The summed E-state index contributed by atoms with van der Waals surface area (Å²) >= 11 is 5.21. The zero-order valence-corrected chi connectivity index (χ0v) is 11.4. The normalized spacial score (nSPS) is 13.6. The maximum atomic E-state index is 3.46. The molecular formula is C14H10BrNS. The van der Waals surface area contributed by atoms with E-state index >= 15 is 0 Å². The van der Waals surface area contributed by atoms with Crippen molar-refractivity contribution in [3.05, 3.63) is 64.0 Å². The molecule has 1 heterocycles. The predicted molar refractivity (Wildman–Crippen MR) is 78.0 cm³/mol. The molecule has 0 bridgehead atoms. The van der Waals surface area contributed by atoms with Gasteiger partial charge in [-0.3, -0.25) is 0 Å². The Labute approximate surface area is 113 Å². The Morgan fingerprint density at radius 2 is 1.71 bits per heavy atom. The van der Waals surface area contributed by atoms with Crippen molar-refractivity contribution in [1.29, 1.82) is 0 Å². The van der Waals surface area contributed by atoms with Gasteiger partial charge in [0.05, 0.1) is 11.4 Å². The number of thioether (sulfide) groups is 1. The van der Waals surface area contributed by atoms with Gasteiger partial charge in [-0.15, -0.1) is 0 Å². The van der Waals surface area contributed by atoms with Gasteiger partial charge < -0.3 is 5.32 Å². The summed E-state index contributed by atoms with van der Waals surface area (Å²) in [6, 6.07) is 16.7. The summed E-state index contributed by atoms with van der Waals surface area (Å²) in [5.41, 5.74) is 3.54. The lowest BCUT2D eigenvalue weighted by Gasteiger charge is -2.18. The van der Waals surface area contributed by atoms with Gasteiger partial charge in [0, 0.05) is 14.8 Å². The van der Waals surface area contributed by atoms with Crippen LogP contribution in [-0.2, 0) is 0 Å².